The normalized spacial score (nSPS) is 33.5. The lowest BCUT2D eigenvalue weighted by Gasteiger charge is -2.42. The van der Waals surface area contributed by atoms with E-state index in [4.69, 9.17) is 9.47 Å². The molecule has 3 aliphatic rings. The average molecular weight is 393 g/mol. The van der Waals surface area contributed by atoms with Gasteiger partial charge < -0.3 is 14.8 Å². The molecule has 0 radical (unpaired) electrons. The van der Waals surface area contributed by atoms with E-state index in [0.717, 1.165) is 45.1 Å². The SMILES string of the molecule is CC1CCC2(CC1)OC[C@@H](C(=O)NC[C@@H]1CCCO1)N2C(=O)c1cccs1. The Morgan fingerprint density at radius 3 is 2.81 bits per heavy atom. The van der Waals surface area contributed by atoms with Crippen LogP contribution in [0.2, 0.25) is 0 Å². The molecular weight excluding hydrogens is 364 g/mol. The fourth-order valence-electron chi connectivity index (χ4n) is 4.44. The smallest absolute Gasteiger partial charge is 0.266 e. The van der Waals surface area contributed by atoms with Crippen molar-refractivity contribution >= 4 is 23.2 Å². The Morgan fingerprint density at radius 2 is 2.15 bits per heavy atom. The lowest BCUT2D eigenvalue weighted by Crippen LogP contribution is -2.57. The maximum atomic E-state index is 13.3. The molecule has 27 heavy (non-hydrogen) atoms. The molecule has 4 rings (SSSR count). The topological polar surface area (TPSA) is 67.9 Å². The second-order valence-corrected chi connectivity index (χ2v) is 8.94. The van der Waals surface area contributed by atoms with Gasteiger partial charge in [-0.3, -0.25) is 14.5 Å². The second kappa shape index (κ2) is 7.89. The number of amides is 2. The minimum Gasteiger partial charge on any atom is -0.376 e. The molecule has 1 saturated carbocycles. The lowest BCUT2D eigenvalue weighted by molar-refractivity contribution is -0.128. The third-order valence-corrected chi connectivity index (χ3v) is 6.96. The van der Waals surface area contributed by atoms with Gasteiger partial charge in [-0.2, -0.15) is 0 Å². The quantitative estimate of drug-likeness (QED) is 0.856. The number of hydrogen-bond acceptors (Lipinski definition) is 5. The molecule has 2 atom stereocenters. The zero-order chi connectivity index (χ0) is 18.9. The highest BCUT2D eigenvalue weighted by atomic mass is 32.1. The van der Waals surface area contributed by atoms with Crippen molar-refractivity contribution in [1.82, 2.24) is 10.2 Å². The summed E-state index contributed by atoms with van der Waals surface area (Å²) < 4.78 is 11.8. The molecule has 1 aromatic rings. The summed E-state index contributed by atoms with van der Waals surface area (Å²) in [6, 6.07) is 3.12. The van der Waals surface area contributed by atoms with Gasteiger partial charge in [0.15, 0.2) is 0 Å². The summed E-state index contributed by atoms with van der Waals surface area (Å²) >= 11 is 1.41. The van der Waals surface area contributed by atoms with Gasteiger partial charge in [0, 0.05) is 13.2 Å². The third kappa shape index (κ3) is 3.77. The molecule has 0 aromatic carbocycles. The fourth-order valence-corrected chi connectivity index (χ4v) is 5.10. The van der Waals surface area contributed by atoms with Gasteiger partial charge in [-0.25, -0.2) is 0 Å². The van der Waals surface area contributed by atoms with Crippen molar-refractivity contribution < 1.29 is 19.1 Å². The Morgan fingerprint density at radius 1 is 1.33 bits per heavy atom. The largest absolute Gasteiger partial charge is 0.376 e. The summed E-state index contributed by atoms with van der Waals surface area (Å²) in [7, 11) is 0. The van der Waals surface area contributed by atoms with Crippen LogP contribution in [-0.2, 0) is 14.3 Å². The number of nitrogens with zero attached hydrogens (tertiary/aromatic N) is 1. The first-order chi connectivity index (χ1) is 13.1. The molecule has 148 valence electrons. The van der Waals surface area contributed by atoms with Gasteiger partial charge >= 0.3 is 0 Å². The predicted molar refractivity (Wildman–Crippen MR) is 103 cm³/mol. The highest BCUT2D eigenvalue weighted by Gasteiger charge is 2.53. The molecule has 7 heteroatoms. The molecule has 0 unspecified atom stereocenters. The van der Waals surface area contributed by atoms with E-state index in [1.165, 1.54) is 11.3 Å². The molecule has 3 fully saturated rings. The number of ether oxygens (including phenoxy) is 2. The van der Waals surface area contributed by atoms with Crippen molar-refractivity contribution in [3.05, 3.63) is 22.4 Å². The van der Waals surface area contributed by atoms with Crippen molar-refractivity contribution in [2.75, 3.05) is 19.8 Å². The van der Waals surface area contributed by atoms with Crippen LogP contribution in [0.1, 0.15) is 55.1 Å². The first-order valence-electron chi connectivity index (χ1n) is 9.99. The number of carbonyl (C=O) groups is 2. The van der Waals surface area contributed by atoms with Crippen molar-refractivity contribution in [3.63, 3.8) is 0 Å². The Bertz CT molecular complexity index is 664. The van der Waals surface area contributed by atoms with Crippen LogP contribution in [-0.4, -0.2) is 54.3 Å². The monoisotopic (exact) mass is 392 g/mol. The molecule has 2 aliphatic heterocycles. The molecule has 0 bridgehead atoms. The van der Waals surface area contributed by atoms with E-state index in [-0.39, 0.29) is 24.5 Å². The van der Waals surface area contributed by atoms with Crippen molar-refractivity contribution in [3.8, 4) is 0 Å². The van der Waals surface area contributed by atoms with Crippen molar-refractivity contribution in [2.45, 2.75) is 63.3 Å². The van der Waals surface area contributed by atoms with Gasteiger partial charge in [-0.15, -0.1) is 11.3 Å². The lowest BCUT2D eigenvalue weighted by atomic mass is 9.83. The Balaban J connectivity index is 1.52. The summed E-state index contributed by atoms with van der Waals surface area (Å²) in [6.07, 6.45) is 5.71. The van der Waals surface area contributed by atoms with Crippen LogP contribution in [0.4, 0.5) is 0 Å². The van der Waals surface area contributed by atoms with Gasteiger partial charge in [0.05, 0.1) is 17.6 Å². The van der Waals surface area contributed by atoms with E-state index in [2.05, 4.69) is 12.2 Å². The van der Waals surface area contributed by atoms with Crippen LogP contribution in [0.15, 0.2) is 17.5 Å². The number of thiophene rings is 1. The van der Waals surface area contributed by atoms with Gasteiger partial charge in [0.25, 0.3) is 5.91 Å². The Kier molecular flexibility index (Phi) is 5.53. The molecule has 1 spiro atoms. The van der Waals surface area contributed by atoms with Crippen LogP contribution in [0.5, 0.6) is 0 Å². The summed E-state index contributed by atoms with van der Waals surface area (Å²) in [5.74, 6) is 0.408. The summed E-state index contributed by atoms with van der Waals surface area (Å²) in [5.41, 5.74) is -0.639. The van der Waals surface area contributed by atoms with Gasteiger partial charge in [0.2, 0.25) is 5.91 Å². The molecule has 3 heterocycles. The minimum absolute atomic E-state index is 0.0854. The first-order valence-corrected chi connectivity index (χ1v) is 10.9. The molecule has 1 aromatic heterocycles. The van der Waals surface area contributed by atoms with Crippen LogP contribution in [0.25, 0.3) is 0 Å². The molecule has 1 N–H and O–H groups in total. The molecule has 2 saturated heterocycles. The van der Waals surface area contributed by atoms with Crippen LogP contribution in [0, 0.1) is 5.92 Å². The van der Waals surface area contributed by atoms with E-state index in [1.54, 1.807) is 4.90 Å². The fraction of sp³-hybridized carbons (Fsp3) is 0.700. The van der Waals surface area contributed by atoms with E-state index in [1.807, 2.05) is 17.5 Å². The Labute approximate surface area is 164 Å². The zero-order valence-electron chi connectivity index (χ0n) is 15.8. The number of hydrogen-bond donors (Lipinski definition) is 1. The van der Waals surface area contributed by atoms with Gasteiger partial charge in [-0.05, 0) is 55.9 Å². The number of rotatable bonds is 4. The van der Waals surface area contributed by atoms with Crippen LogP contribution < -0.4 is 5.32 Å². The summed E-state index contributed by atoms with van der Waals surface area (Å²) in [5, 5.41) is 4.89. The maximum Gasteiger partial charge on any atom is 0.266 e. The summed E-state index contributed by atoms with van der Waals surface area (Å²) in [6.45, 7) is 3.76. The highest BCUT2D eigenvalue weighted by molar-refractivity contribution is 7.12. The van der Waals surface area contributed by atoms with E-state index < -0.39 is 11.8 Å². The number of nitrogens with one attached hydrogen (secondary N) is 1. The van der Waals surface area contributed by atoms with Gasteiger partial charge in [0.1, 0.15) is 11.8 Å². The summed E-state index contributed by atoms with van der Waals surface area (Å²) in [4.78, 5) is 28.6. The van der Waals surface area contributed by atoms with Crippen molar-refractivity contribution in [2.24, 2.45) is 5.92 Å². The first kappa shape index (κ1) is 18.9. The van der Waals surface area contributed by atoms with Crippen LogP contribution in [0.3, 0.4) is 0 Å². The molecular formula is C20H28N2O4S. The predicted octanol–water partition coefficient (Wildman–Crippen LogP) is 2.79. The average Bonchev–Trinajstić information content (AvgIpc) is 3.43. The van der Waals surface area contributed by atoms with Gasteiger partial charge in [-0.1, -0.05) is 13.0 Å². The minimum atomic E-state index is -0.639. The molecule has 6 nitrogen and oxygen atoms in total. The van der Waals surface area contributed by atoms with E-state index in [0.29, 0.717) is 17.3 Å². The van der Waals surface area contributed by atoms with E-state index >= 15 is 0 Å². The maximum absolute atomic E-state index is 13.3. The highest BCUT2D eigenvalue weighted by Crippen LogP contribution is 2.43. The van der Waals surface area contributed by atoms with E-state index in [9.17, 15) is 9.59 Å². The number of carbonyl (C=O) groups excluding carboxylic acids is 2. The third-order valence-electron chi connectivity index (χ3n) is 6.10. The Hall–Kier alpha value is -1.44. The molecule has 2 amide bonds. The standard InChI is InChI=1S/C20H28N2O4S/c1-14-6-8-20(9-7-14)22(19(24)17-5-3-11-27-17)16(13-26-20)18(23)21-12-15-4-2-10-25-15/h3,5,11,14-16H,2,4,6-10,12-13H2,1H3,(H,21,23)/t14?,15-,16-,20?/m0/s1. The van der Waals surface area contributed by atoms with Crippen LogP contribution >= 0.6 is 11.3 Å². The molecule has 1 aliphatic carbocycles. The zero-order valence-corrected chi connectivity index (χ0v) is 16.6. The second-order valence-electron chi connectivity index (χ2n) is 7.99. The van der Waals surface area contributed by atoms with Crippen molar-refractivity contribution in [1.29, 1.82) is 0 Å².